The van der Waals surface area contributed by atoms with Gasteiger partial charge in [0.15, 0.2) is 5.69 Å². The van der Waals surface area contributed by atoms with Crippen molar-refractivity contribution in [3.8, 4) is 0 Å². The third-order valence-electron chi connectivity index (χ3n) is 3.86. The summed E-state index contributed by atoms with van der Waals surface area (Å²) >= 11 is 0. The highest BCUT2D eigenvalue weighted by atomic mass is 19.4. The standard InChI is InChI=1S/C15H16F3N3O/c16-15(17,18)14-12(8-22)7-21(20-14)6-9-1-2-10-4-13(19)5-11(10)3-9/h1-3,7,13,22H,4-6,8,19H2/t13-/m1/s1. The third kappa shape index (κ3) is 2.86. The van der Waals surface area contributed by atoms with Crippen molar-refractivity contribution in [3.63, 3.8) is 0 Å². The Bertz CT molecular complexity index is 694. The first kappa shape index (κ1) is 15.1. The van der Waals surface area contributed by atoms with Crippen molar-refractivity contribution < 1.29 is 18.3 Å². The van der Waals surface area contributed by atoms with Gasteiger partial charge < -0.3 is 10.8 Å². The van der Waals surface area contributed by atoms with E-state index < -0.39 is 18.5 Å². The molecule has 0 unspecified atom stereocenters. The number of hydrogen-bond donors (Lipinski definition) is 2. The van der Waals surface area contributed by atoms with Crippen LogP contribution in [-0.2, 0) is 32.2 Å². The highest BCUT2D eigenvalue weighted by Crippen LogP contribution is 2.31. The molecule has 1 atom stereocenters. The summed E-state index contributed by atoms with van der Waals surface area (Å²) < 4.78 is 39.6. The Morgan fingerprint density at radius 2 is 2.00 bits per heavy atom. The second-order valence-electron chi connectivity index (χ2n) is 5.63. The van der Waals surface area contributed by atoms with Gasteiger partial charge in [-0.15, -0.1) is 0 Å². The molecule has 7 heteroatoms. The molecule has 0 bridgehead atoms. The lowest BCUT2D eigenvalue weighted by Crippen LogP contribution is -2.18. The van der Waals surface area contributed by atoms with Crippen LogP contribution >= 0.6 is 0 Å². The van der Waals surface area contributed by atoms with E-state index in [0.29, 0.717) is 0 Å². The zero-order valence-electron chi connectivity index (χ0n) is 11.8. The van der Waals surface area contributed by atoms with Gasteiger partial charge in [0.25, 0.3) is 0 Å². The van der Waals surface area contributed by atoms with Gasteiger partial charge in [-0.1, -0.05) is 18.2 Å². The monoisotopic (exact) mass is 311 g/mol. The van der Waals surface area contributed by atoms with Crippen LogP contribution in [-0.4, -0.2) is 20.9 Å². The average Bonchev–Trinajstić information content (AvgIpc) is 3.00. The first-order chi connectivity index (χ1) is 10.4. The fraction of sp³-hybridized carbons (Fsp3) is 0.400. The van der Waals surface area contributed by atoms with E-state index in [1.54, 1.807) is 0 Å². The predicted octanol–water partition coefficient (Wildman–Crippen LogP) is 1.87. The van der Waals surface area contributed by atoms with E-state index in [-0.39, 0.29) is 18.2 Å². The Morgan fingerprint density at radius 1 is 1.27 bits per heavy atom. The van der Waals surface area contributed by atoms with Crippen LogP contribution in [0, 0.1) is 0 Å². The van der Waals surface area contributed by atoms with Crippen LogP contribution in [0.15, 0.2) is 24.4 Å². The summed E-state index contributed by atoms with van der Waals surface area (Å²) in [6, 6.07) is 5.94. The molecule has 0 saturated carbocycles. The quantitative estimate of drug-likeness (QED) is 0.909. The molecule has 1 aromatic carbocycles. The maximum Gasteiger partial charge on any atom is 0.435 e. The minimum absolute atomic E-state index is 0.118. The average molecular weight is 311 g/mol. The summed E-state index contributed by atoms with van der Waals surface area (Å²) in [5.41, 5.74) is 7.88. The van der Waals surface area contributed by atoms with Gasteiger partial charge in [-0.2, -0.15) is 18.3 Å². The summed E-state index contributed by atoms with van der Waals surface area (Å²) in [6.07, 6.45) is -1.70. The van der Waals surface area contributed by atoms with Crippen molar-refractivity contribution in [3.05, 3.63) is 52.3 Å². The molecule has 0 radical (unpaired) electrons. The first-order valence-corrected chi connectivity index (χ1v) is 6.97. The number of nitrogens with two attached hydrogens (primary N) is 1. The highest BCUT2D eigenvalue weighted by Gasteiger charge is 2.36. The Hall–Kier alpha value is -1.86. The van der Waals surface area contributed by atoms with E-state index in [1.807, 2.05) is 18.2 Å². The smallest absolute Gasteiger partial charge is 0.392 e. The zero-order chi connectivity index (χ0) is 15.9. The summed E-state index contributed by atoms with van der Waals surface area (Å²) in [5, 5.41) is 12.6. The summed E-state index contributed by atoms with van der Waals surface area (Å²) in [6.45, 7) is -0.459. The van der Waals surface area contributed by atoms with Crippen molar-refractivity contribution in [2.45, 2.75) is 38.2 Å². The second kappa shape index (κ2) is 5.40. The van der Waals surface area contributed by atoms with Crippen molar-refractivity contribution in [2.24, 2.45) is 5.73 Å². The minimum atomic E-state index is -4.56. The predicted molar refractivity (Wildman–Crippen MR) is 74.1 cm³/mol. The highest BCUT2D eigenvalue weighted by molar-refractivity contribution is 5.37. The molecule has 22 heavy (non-hydrogen) atoms. The van der Waals surface area contributed by atoms with Crippen molar-refractivity contribution >= 4 is 0 Å². The molecule has 1 aliphatic rings. The fourth-order valence-corrected chi connectivity index (χ4v) is 2.89. The number of hydrogen-bond acceptors (Lipinski definition) is 3. The molecule has 0 fully saturated rings. The number of aromatic nitrogens is 2. The summed E-state index contributed by atoms with van der Waals surface area (Å²) in [5.74, 6) is 0. The van der Waals surface area contributed by atoms with Gasteiger partial charge in [-0.3, -0.25) is 4.68 Å². The molecule has 1 aromatic heterocycles. The maximum absolute atomic E-state index is 12.8. The van der Waals surface area contributed by atoms with Gasteiger partial charge in [-0.05, 0) is 29.5 Å². The lowest BCUT2D eigenvalue weighted by Gasteiger charge is -2.06. The molecule has 3 N–H and O–H groups in total. The number of aliphatic hydroxyl groups excluding tert-OH is 1. The van der Waals surface area contributed by atoms with E-state index in [0.717, 1.165) is 24.0 Å². The van der Waals surface area contributed by atoms with Gasteiger partial charge in [-0.25, -0.2) is 0 Å². The van der Waals surface area contributed by atoms with Crippen LogP contribution in [0.2, 0.25) is 0 Å². The topological polar surface area (TPSA) is 64.1 Å². The number of halogens is 3. The van der Waals surface area contributed by atoms with Gasteiger partial charge in [0.05, 0.1) is 13.2 Å². The van der Waals surface area contributed by atoms with Crippen LogP contribution < -0.4 is 5.73 Å². The number of alkyl halides is 3. The van der Waals surface area contributed by atoms with E-state index in [1.165, 1.54) is 16.4 Å². The Labute approximate surface area is 125 Å². The first-order valence-electron chi connectivity index (χ1n) is 6.97. The van der Waals surface area contributed by atoms with Crippen LogP contribution in [0.5, 0.6) is 0 Å². The van der Waals surface area contributed by atoms with Crippen molar-refractivity contribution in [2.75, 3.05) is 0 Å². The van der Waals surface area contributed by atoms with Gasteiger partial charge in [0.2, 0.25) is 0 Å². The Balaban J connectivity index is 1.85. The molecule has 1 aliphatic carbocycles. The Morgan fingerprint density at radius 3 is 2.64 bits per heavy atom. The van der Waals surface area contributed by atoms with E-state index in [9.17, 15) is 13.2 Å². The number of aliphatic hydroxyl groups is 1. The summed E-state index contributed by atoms with van der Waals surface area (Å²) in [4.78, 5) is 0. The van der Waals surface area contributed by atoms with Crippen molar-refractivity contribution in [1.29, 1.82) is 0 Å². The SMILES string of the molecule is N[C@@H]1Cc2ccc(Cn3cc(CO)c(C(F)(F)F)n3)cc2C1. The number of fused-ring (bicyclic) bond motifs is 1. The summed E-state index contributed by atoms with van der Waals surface area (Å²) in [7, 11) is 0. The minimum Gasteiger partial charge on any atom is -0.392 e. The maximum atomic E-state index is 12.8. The third-order valence-corrected chi connectivity index (χ3v) is 3.86. The molecule has 3 rings (SSSR count). The molecule has 0 saturated heterocycles. The molecular weight excluding hydrogens is 295 g/mol. The van der Waals surface area contributed by atoms with Crippen LogP contribution in [0.1, 0.15) is 27.9 Å². The van der Waals surface area contributed by atoms with Crippen LogP contribution in [0.25, 0.3) is 0 Å². The van der Waals surface area contributed by atoms with Crippen molar-refractivity contribution in [1.82, 2.24) is 9.78 Å². The normalized spacial score (nSPS) is 17.8. The van der Waals surface area contributed by atoms with Gasteiger partial charge in [0, 0.05) is 17.8 Å². The second-order valence-corrected chi connectivity index (χ2v) is 5.63. The molecule has 4 nitrogen and oxygen atoms in total. The molecule has 0 aliphatic heterocycles. The van der Waals surface area contributed by atoms with E-state index >= 15 is 0 Å². The number of rotatable bonds is 3. The largest absolute Gasteiger partial charge is 0.435 e. The number of nitrogens with zero attached hydrogens (tertiary/aromatic N) is 2. The Kier molecular flexibility index (Phi) is 3.70. The number of benzene rings is 1. The fourth-order valence-electron chi connectivity index (χ4n) is 2.89. The van der Waals surface area contributed by atoms with Crippen LogP contribution in [0.3, 0.4) is 0 Å². The lowest BCUT2D eigenvalue weighted by atomic mass is 10.1. The van der Waals surface area contributed by atoms with Gasteiger partial charge in [0.1, 0.15) is 0 Å². The van der Waals surface area contributed by atoms with Gasteiger partial charge >= 0.3 is 6.18 Å². The molecule has 118 valence electrons. The molecule has 0 spiro atoms. The van der Waals surface area contributed by atoms with E-state index in [2.05, 4.69) is 5.10 Å². The van der Waals surface area contributed by atoms with Crippen LogP contribution in [0.4, 0.5) is 13.2 Å². The zero-order valence-corrected chi connectivity index (χ0v) is 11.8. The molecule has 0 amide bonds. The molecule has 1 heterocycles. The van der Waals surface area contributed by atoms with E-state index in [4.69, 9.17) is 10.8 Å². The lowest BCUT2D eigenvalue weighted by molar-refractivity contribution is -0.142. The molecule has 2 aromatic rings. The molecular formula is C15H16F3N3O.